The smallest absolute Gasteiger partial charge is 0.220 e. The molecule has 1 heterocycles. The fraction of sp³-hybridized carbons (Fsp3) is 0.938. The zero-order valence-electron chi connectivity index (χ0n) is 13.5. The molecule has 1 fully saturated rings. The van der Waals surface area contributed by atoms with Crippen molar-refractivity contribution in [3.05, 3.63) is 0 Å². The number of piperidine rings is 1. The standard InChI is InChI=1S/C16H33N3O/c1-13(2)10-15(12-17)11-16(20)18-7-4-14-5-8-19(3)9-6-14/h13-15H,4-12,17H2,1-3H3,(H,18,20). The van der Waals surface area contributed by atoms with Gasteiger partial charge in [-0.15, -0.1) is 0 Å². The van der Waals surface area contributed by atoms with Crippen LogP contribution in [0.2, 0.25) is 0 Å². The average molecular weight is 283 g/mol. The molecule has 0 radical (unpaired) electrons. The number of hydrogen-bond donors (Lipinski definition) is 2. The number of hydrogen-bond acceptors (Lipinski definition) is 3. The molecule has 118 valence electrons. The highest BCUT2D eigenvalue weighted by Gasteiger charge is 2.17. The van der Waals surface area contributed by atoms with Crippen molar-refractivity contribution < 1.29 is 4.79 Å². The Morgan fingerprint density at radius 2 is 2.00 bits per heavy atom. The minimum Gasteiger partial charge on any atom is -0.356 e. The van der Waals surface area contributed by atoms with E-state index in [0.717, 1.165) is 25.3 Å². The summed E-state index contributed by atoms with van der Waals surface area (Å²) < 4.78 is 0. The minimum absolute atomic E-state index is 0.175. The molecule has 1 aliphatic rings. The third-order valence-electron chi connectivity index (χ3n) is 4.33. The molecule has 4 nitrogen and oxygen atoms in total. The summed E-state index contributed by atoms with van der Waals surface area (Å²) >= 11 is 0. The molecule has 1 rings (SSSR count). The van der Waals surface area contributed by atoms with Crippen molar-refractivity contribution in [2.75, 3.05) is 33.2 Å². The van der Waals surface area contributed by atoms with Crippen LogP contribution in [0.25, 0.3) is 0 Å². The van der Waals surface area contributed by atoms with Gasteiger partial charge in [0.2, 0.25) is 5.91 Å². The molecule has 0 aromatic heterocycles. The van der Waals surface area contributed by atoms with Gasteiger partial charge in [0, 0.05) is 13.0 Å². The number of nitrogens with two attached hydrogens (primary N) is 1. The van der Waals surface area contributed by atoms with E-state index in [1.54, 1.807) is 0 Å². The number of carbonyl (C=O) groups is 1. The maximum absolute atomic E-state index is 11.9. The second-order valence-electron chi connectivity index (χ2n) is 6.82. The highest BCUT2D eigenvalue weighted by atomic mass is 16.1. The summed E-state index contributed by atoms with van der Waals surface area (Å²) in [6.45, 7) is 8.19. The number of rotatable bonds is 8. The molecule has 0 aromatic carbocycles. The monoisotopic (exact) mass is 283 g/mol. The van der Waals surface area contributed by atoms with Crippen LogP contribution < -0.4 is 11.1 Å². The van der Waals surface area contributed by atoms with Crippen LogP contribution in [0, 0.1) is 17.8 Å². The van der Waals surface area contributed by atoms with Gasteiger partial charge in [0.1, 0.15) is 0 Å². The Kier molecular flexibility index (Phi) is 8.15. The molecule has 1 amide bonds. The van der Waals surface area contributed by atoms with Gasteiger partial charge in [-0.05, 0) is 70.1 Å². The van der Waals surface area contributed by atoms with Crippen LogP contribution in [-0.2, 0) is 4.79 Å². The lowest BCUT2D eigenvalue weighted by Gasteiger charge is -2.28. The van der Waals surface area contributed by atoms with Gasteiger partial charge in [-0.2, -0.15) is 0 Å². The first-order valence-corrected chi connectivity index (χ1v) is 8.16. The molecule has 0 aliphatic carbocycles. The van der Waals surface area contributed by atoms with E-state index in [1.807, 2.05) is 0 Å². The number of likely N-dealkylation sites (tertiary alicyclic amines) is 1. The molecule has 0 spiro atoms. The van der Waals surface area contributed by atoms with E-state index in [9.17, 15) is 4.79 Å². The molecule has 1 unspecified atom stereocenters. The Morgan fingerprint density at radius 1 is 1.35 bits per heavy atom. The quantitative estimate of drug-likeness (QED) is 0.715. The number of amides is 1. The molecule has 0 aromatic rings. The first-order chi connectivity index (χ1) is 9.51. The predicted molar refractivity (Wildman–Crippen MR) is 84.5 cm³/mol. The molecule has 1 atom stereocenters. The minimum atomic E-state index is 0.175. The summed E-state index contributed by atoms with van der Waals surface area (Å²) in [6, 6.07) is 0. The number of nitrogens with one attached hydrogen (secondary N) is 1. The fourth-order valence-corrected chi connectivity index (χ4v) is 3.03. The Labute approximate surface area is 124 Å². The summed E-state index contributed by atoms with van der Waals surface area (Å²) in [7, 11) is 2.18. The van der Waals surface area contributed by atoms with Crippen molar-refractivity contribution >= 4 is 5.91 Å². The lowest BCUT2D eigenvalue weighted by atomic mass is 9.93. The van der Waals surface area contributed by atoms with E-state index in [-0.39, 0.29) is 5.91 Å². The van der Waals surface area contributed by atoms with Gasteiger partial charge in [0.15, 0.2) is 0 Å². The molecular formula is C16H33N3O. The number of carbonyl (C=O) groups excluding carboxylic acids is 1. The van der Waals surface area contributed by atoms with E-state index >= 15 is 0 Å². The first kappa shape index (κ1) is 17.4. The summed E-state index contributed by atoms with van der Waals surface area (Å²) in [6.07, 6.45) is 5.29. The molecule has 3 N–H and O–H groups in total. The van der Waals surface area contributed by atoms with Crippen molar-refractivity contribution in [3.8, 4) is 0 Å². The van der Waals surface area contributed by atoms with Gasteiger partial charge in [-0.25, -0.2) is 0 Å². The largest absolute Gasteiger partial charge is 0.356 e. The average Bonchev–Trinajstić information content (AvgIpc) is 2.39. The van der Waals surface area contributed by atoms with Gasteiger partial charge >= 0.3 is 0 Å². The van der Waals surface area contributed by atoms with E-state index in [1.165, 1.54) is 25.9 Å². The van der Waals surface area contributed by atoms with Crippen LogP contribution in [0.1, 0.15) is 46.0 Å². The van der Waals surface area contributed by atoms with Crippen LogP contribution in [0.3, 0.4) is 0 Å². The normalized spacial score (nSPS) is 19.2. The van der Waals surface area contributed by atoms with Gasteiger partial charge in [-0.1, -0.05) is 13.8 Å². The van der Waals surface area contributed by atoms with Gasteiger partial charge in [-0.3, -0.25) is 4.79 Å². The second-order valence-corrected chi connectivity index (χ2v) is 6.82. The summed E-state index contributed by atoms with van der Waals surface area (Å²) in [5.74, 6) is 1.90. The molecule has 0 saturated carbocycles. The topological polar surface area (TPSA) is 58.4 Å². The van der Waals surface area contributed by atoms with Crippen LogP contribution >= 0.6 is 0 Å². The van der Waals surface area contributed by atoms with Gasteiger partial charge < -0.3 is 16.0 Å². The third-order valence-corrected chi connectivity index (χ3v) is 4.33. The van der Waals surface area contributed by atoms with Crippen molar-refractivity contribution in [1.82, 2.24) is 10.2 Å². The zero-order chi connectivity index (χ0) is 15.0. The molecule has 4 heteroatoms. The van der Waals surface area contributed by atoms with Crippen molar-refractivity contribution in [1.29, 1.82) is 0 Å². The highest BCUT2D eigenvalue weighted by Crippen LogP contribution is 2.19. The summed E-state index contributed by atoms with van der Waals surface area (Å²) in [5.41, 5.74) is 5.74. The van der Waals surface area contributed by atoms with Crippen LogP contribution in [0.4, 0.5) is 0 Å². The Morgan fingerprint density at radius 3 is 2.55 bits per heavy atom. The van der Waals surface area contributed by atoms with Crippen LogP contribution in [-0.4, -0.2) is 44.0 Å². The molecule has 1 aliphatic heterocycles. The van der Waals surface area contributed by atoms with Crippen molar-refractivity contribution in [2.24, 2.45) is 23.5 Å². The number of nitrogens with zero attached hydrogens (tertiary/aromatic N) is 1. The van der Waals surface area contributed by atoms with E-state index in [2.05, 4.69) is 31.1 Å². The van der Waals surface area contributed by atoms with Gasteiger partial charge in [0.05, 0.1) is 0 Å². The summed E-state index contributed by atoms with van der Waals surface area (Å²) in [5, 5.41) is 3.07. The van der Waals surface area contributed by atoms with Crippen molar-refractivity contribution in [2.45, 2.75) is 46.0 Å². The van der Waals surface area contributed by atoms with E-state index < -0.39 is 0 Å². The first-order valence-electron chi connectivity index (χ1n) is 8.16. The molecular weight excluding hydrogens is 250 g/mol. The maximum Gasteiger partial charge on any atom is 0.220 e. The zero-order valence-corrected chi connectivity index (χ0v) is 13.5. The molecule has 20 heavy (non-hydrogen) atoms. The molecule has 0 bridgehead atoms. The Balaban J connectivity index is 2.13. The maximum atomic E-state index is 11.9. The van der Waals surface area contributed by atoms with E-state index in [0.29, 0.717) is 24.8 Å². The third kappa shape index (κ3) is 7.25. The summed E-state index contributed by atoms with van der Waals surface area (Å²) in [4.78, 5) is 14.3. The highest BCUT2D eigenvalue weighted by molar-refractivity contribution is 5.76. The second kappa shape index (κ2) is 9.35. The Bertz CT molecular complexity index is 273. The lowest BCUT2D eigenvalue weighted by Crippen LogP contribution is -2.33. The Hall–Kier alpha value is -0.610. The van der Waals surface area contributed by atoms with Crippen LogP contribution in [0.5, 0.6) is 0 Å². The predicted octanol–water partition coefficient (Wildman–Crippen LogP) is 1.85. The lowest BCUT2D eigenvalue weighted by molar-refractivity contribution is -0.122. The fourth-order valence-electron chi connectivity index (χ4n) is 3.03. The molecule has 1 saturated heterocycles. The van der Waals surface area contributed by atoms with Gasteiger partial charge in [0.25, 0.3) is 0 Å². The SMILES string of the molecule is CC(C)CC(CN)CC(=O)NCCC1CCN(C)CC1. The van der Waals surface area contributed by atoms with E-state index in [4.69, 9.17) is 5.73 Å². The van der Waals surface area contributed by atoms with Crippen LogP contribution in [0.15, 0.2) is 0 Å². The van der Waals surface area contributed by atoms with Crippen molar-refractivity contribution in [3.63, 3.8) is 0 Å².